The average molecular weight is 405 g/mol. The molecule has 0 bridgehead atoms. The number of imidazole rings is 1. The monoisotopic (exact) mass is 405 g/mol. The number of carbonyl (C=O) groups is 2. The second-order valence-corrected chi connectivity index (χ2v) is 6.88. The summed E-state index contributed by atoms with van der Waals surface area (Å²) in [7, 11) is 1.80. The molecule has 0 aliphatic carbocycles. The van der Waals surface area contributed by atoms with E-state index >= 15 is 0 Å². The highest BCUT2D eigenvalue weighted by molar-refractivity contribution is 5.95. The van der Waals surface area contributed by atoms with Crippen molar-refractivity contribution in [1.29, 1.82) is 0 Å². The number of nitro groups is 1. The van der Waals surface area contributed by atoms with Gasteiger partial charge in [-0.05, 0) is 18.6 Å². The Bertz CT molecular complexity index is 877. The maximum Gasteiger partial charge on any atom is 0.269 e. The molecule has 0 spiro atoms. The van der Waals surface area contributed by atoms with Crippen LogP contribution in [0.3, 0.4) is 0 Å². The molecule has 0 radical (unpaired) electrons. The third-order valence-corrected chi connectivity index (χ3v) is 4.98. The zero-order valence-corrected chi connectivity index (χ0v) is 16.3. The number of aliphatic hydroxyl groups is 1. The number of hydrogen-bond acceptors (Lipinski definition) is 6. The predicted molar refractivity (Wildman–Crippen MR) is 101 cm³/mol. The molecule has 2 rings (SSSR count). The molecule has 156 valence electrons. The van der Waals surface area contributed by atoms with E-state index in [9.17, 15) is 24.8 Å². The fraction of sp³-hybridized carbons (Fsp3) is 0.421. The Morgan fingerprint density at radius 1 is 1.31 bits per heavy atom. The van der Waals surface area contributed by atoms with Gasteiger partial charge >= 0.3 is 0 Å². The maximum atomic E-state index is 12.5. The van der Waals surface area contributed by atoms with Crippen LogP contribution >= 0.6 is 0 Å². The average Bonchev–Trinajstić information content (AvgIpc) is 3.05. The lowest BCUT2D eigenvalue weighted by Gasteiger charge is -2.21. The second-order valence-electron chi connectivity index (χ2n) is 6.88. The first-order valence-corrected chi connectivity index (χ1v) is 9.17. The van der Waals surface area contributed by atoms with E-state index < -0.39 is 16.7 Å². The van der Waals surface area contributed by atoms with Crippen LogP contribution in [0.5, 0.6) is 0 Å². The van der Waals surface area contributed by atoms with Crippen molar-refractivity contribution in [3.05, 3.63) is 58.2 Å². The molecule has 1 heterocycles. The summed E-state index contributed by atoms with van der Waals surface area (Å²) >= 11 is 0. The van der Waals surface area contributed by atoms with Gasteiger partial charge in [0.2, 0.25) is 18.0 Å². The van der Waals surface area contributed by atoms with Gasteiger partial charge in [-0.2, -0.15) is 0 Å². The number of nitro benzene ring substituents is 1. The topological polar surface area (TPSA) is 139 Å². The minimum Gasteiger partial charge on any atom is -0.396 e. The molecular formula is C19H25N4O6+. The van der Waals surface area contributed by atoms with Gasteiger partial charge in [-0.15, -0.1) is 0 Å². The van der Waals surface area contributed by atoms with Crippen LogP contribution in [-0.4, -0.2) is 38.1 Å². The van der Waals surface area contributed by atoms with Crippen LogP contribution in [0.2, 0.25) is 0 Å². The molecule has 0 saturated heterocycles. The van der Waals surface area contributed by atoms with Gasteiger partial charge in [0.05, 0.1) is 12.0 Å². The predicted octanol–water partition coefficient (Wildman–Crippen LogP) is 0.786. The van der Waals surface area contributed by atoms with Crippen LogP contribution in [0.25, 0.3) is 0 Å². The third kappa shape index (κ3) is 5.46. The molecule has 3 N–H and O–H groups in total. The van der Waals surface area contributed by atoms with Gasteiger partial charge in [-0.25, -0.2) is 14.6 Å². The van der Waals surface area contributed by atoms with Crippen LogP contribution in [0.4, 0.5) is 5.69 Å². The normalized spacial score (nSPS) is 13.0. The quantitative estimate of drug-likeness (QED) is 0.176. The smallest absolute Gasteiger partial charge is 0.269 e. The number of ketones is 1. The Labute approximate surface area is 167 Å². The molecule has 10 heteroatoms. The summed E-state index contributed by atoms with van der Waals surface area (Å²) in [5.74, 6) is -1.68. The van der Waals surface area contributed by atoms with Gasteiger partial charge in [-0.3, -0.25) is 24.9 Å². The zero-order chi connectivity index (χ0) is 21.6. The van der Waals surface area contributed by atoms with Crippen molar-refractivity contribution in [2.75, 3.05) is 6.61 Å². The molecule has 0 aliphatic rings. The molecule has 2 unspecified atom stereocenters. The SMILES string of the molecule is CCC(C(=O)NO)C(CO)Cc1c[n+](CC(=O)c2ccc([N+](=O)[O-])cc2)cn1C. The summed E-state index contributed by atoms with van der Waals surface area (Å²) in [6.45, 7) is 1.62. The van der Waals surface area contributed by atoms with Crippen LogP contribution in [0.1, 0.15) is 29.4 Å². The van der Waals surface area contributed by atoms with Gasteiger partial charge < -0.3 is 5.11 Å². The summed E-state index contributed by atoms with van der Waals surface area (Å²) in [6, 6.07) is 5.42. The highest BCUT2D eigenvalue weighted by Gasteiger charge is 2.29. The Kier molecular flexibility index (Phi) is 7.57. The largest absolute Gasteiger partial charge is 0.396 e. The Hall–Kier alpha value is -3.11. The minimum absolute atomic E-state index is 0.0454. The van der Waals surface area contributed by atoms with E-state index in [0.29, 0.717) is 18.4 Å². The van der Waals surface area contributed by atoms with Crippen molar-refractivity contribution in [2.45, 2.75) is 26.3 Å². The number of non-ortho nitro benzene ring substituents is 1. The highest BCUT2D eigenvalue weighted by atomic mass is 16.6. The van der Waals surface area contributed by atoms with E-state index in [-0.39, 0.29) is 30.5 Å². The second kappa shape index (κ2) is 9.89. The zero-order valence-electron chi connectivity index (χ0n) is 16.3. The number of rotatable bonds is 10. The molecule has 10 nitrogen and oxygen atoms in total. The van der Waals surface area contributed by atoms with E-state index in [1.165, 1.54) is 24.3 Å². The van der Waals surface area contributed by atoms with Gasteiger partial charge in [0, 0.05) is 42.6 Å². The summed E-state index contributed by atoms with van der Waals surface area (Å²) in [5.41, 5.74) is 2.74. The number of carbonyl (C=O) groups excluding carboxylic acids is 2. The summed E-state index contributed by atoms with van der Waals surface area (Å²) < 4.78 is 3.48. The van der Waals surface area contributed by atoms with Gasteiger partial charge in [0.1, 0.15) is 11.9 Å². The molecule has 2 atom stereocenters. The van der Waals surface area contributed by atoms with E-state index in [4.69, 9.17) is 5.21 Å². The van der Waals surface area contributed by atoms with Crippen molar-refractivity contribution in [2.24, 2.45) is 18.9 Å². The molecule has 1 amide bonds. The lowest BCUT2D eigenvalue weighted by Crippen LogP contribution is -2.36. The molecule has 1 aromatic heterocycles. The summed E-state index contributed by atoms with van der Waals surface area (Å²) in [4.78, 5) is 34.5. The third-order valence-electron chi connectivity index (χ3n) is 4.98. The van der Waals surface area contributed by atoms with Crippen LogP contribution in [0, 0.1) is 22.0 Å². The fourth-order valence-electron chi connectivity index (χ4n) is 3.34. The lowest BCUT2D eigenvalue weighted by molar-refractivity contribution is -0.682. The van der Waals surface area contributed by atoms with Crippen molar-refractivity contribution >= 4 is 17.4 Å². The number of nitrogens with one attached hydrogen (secondary N) is 1. The van der Waals surface area contributed by atoms with Gasteiger partial charge in [0.25, 0.3) is 5.69 Å². The highest BCUT2D eigenvalue weighted by Crippen LogP contribution is 2.20. The number of hydroxylamine groups is 1. The number of aromatic nitrogens is 2. The van der Waals surface area contributed by atoms with E-state index in [0.717, 1.165) is 5.69 Å². The molecule has 2 aromatic rings. The Morgan fingerprint density at radius 3 is 2.48 bits per heavy atom. The first-order valence-electron chi connectivity index (χ1n) is 9.17. The van der Waals surface area contributed by atoms with E-state index in [2.05, 4.69) is 0 Å². The van der Waals surface area contributed by atoms with Crippen molar-refractivity contribution in [1.82, 2.24) is 10.0 Å². The van der Waals surface area contributed by atoms with Gasteiger partial charge in [-0.1, -0.05) is 6.92 Å². The Morgan fingerprint density at radius 2 is 1.97 bits per heavy atom. The number of hydrogen-bond donors (Lipinski definition) is 3. The van der Waals surface area contributed by atoms with E-state index in [1.807, 2.05) is 0 Å². The van der Waals surface area contributed by atoms with Crippen LogP contribution in [0.15, 0.2) is 36.8 Å². The standard InChI is InChI=1S/C19H24N4O6/c1-3-17(19(26)20-27)14(11-24)8-16-9-22(12-21(16)2)10-18(25)13-4-6-15(7-5-13)23(28)29/h4-7,9,12,14,17,24H,3,8,10-11H2,1-2H3,(H-,20,26,27)/p+1. The van der Waals surface area contributed by atoms with Gasteiger partial charge in [0.15, 0.2) is 6.54 Å². The van der Waals surface area contributed by atoms with Crippen LogP contribution < -0.4 is 10.0 Å². The number of aliphatic hydroxyl groups excluding tert-OH is 1. The number of amides is 1. The number of nitrogens with zero attached hydrogens (tertiary/aromatic N) is 3. The lowest BCUT2D eigenvalue weighted by atomic mass is 9.86. The van der Waals surface area contributed by atoms with Crippen LogP contribution in [-0.2, 0) is 24.8 Å². The molecular weight excluding hydrogens is 380 g/mol. The number of benzene rings is 1. The molecule has 0 aliphatic heterocycles. The summed E-state index contributed by atoms with van der Waals surface area (Å²) in [6.07, 6.45) is 4.33. The minimum atomic E-state index is -0.546. The first kappa shape index (κ1) is 22.2. The molecule has 29 heavy (non-hydrogen) atoms. The first-order chi connectivity index (χ1) is 13.8. The fourth-order valence-corrected chi connectivity index (χ4v) is 3.34. The van der Waals surface area contributed by atoms with Crippen molar-refractivity contribution in [3.8, 4) is 0 Å². The van der Waals surface area contributed by atoms with E-state index in [1.54, 1.807) is 41.1 Å². The summed E-state index contributed by atoms with van der Waals surface area (Å²) in [5, 5.41) is 29.3. The maximum absolute atomic E-state index is 12.5. The number of aryl methyl sites for hydroxylation is 1. The number of Topliss-reactive ketones (excluding diaryl/α,β-unsaturated/α-hetero) is 1. The molecule has 0 saturated carbocycles. The van der Waals surface area contributed by atoms with Crippen molar-refractivity contribution < 1.29 is 29.4 Å². The molecule has 1 aromatic carbocycles. The van der Waals surface area contributed by atoms with Crippen molar-refractivity contribution in [3.63, 3.8) is 0 Å². The Balaban J connectivity index is 2.11. The molecule has 0 fully saturated rings.